The predicted molar refractivity (Wildman–Crippen MR) is 51.1 cm³/mol. The Morgan fingerprint density at radius 1 is 1.40 bits per heavy atom. The van der Waals surface area contributed by atoms with E-state index in [9.17, 15) is 13.6 Å². The van der Waals surface area contributed by atoms with Crippen molar-refractivity contribution in [2.24, 2.45) is 5.73 Å². The van der Waals surface area contributed by atoms with Gasteiger partial charge < -0.3 is 11.1 Å². The van der Waals surface area contributed by atoms with Gasteiger partial charge in [-0.15, -0.1) is 0 Å². The summed E-state index contributed by atoms with van der Waals surface area (Å²) in [5.41, 5.74) is 4.71. The van der Waals surface area contributed by atoms with Gasteiger partial charge in [-0.25, -0.2) is 8.78 Å². The summed E-state index contributed by atoms with van der Waals surface area (Å²) < 4.78 is 25.7. The number of benzene rings is 1. The second-order valence-electron chi connectivity index (χ2n) is 3.73. The van der Waals surface area contributed by atoms with Crippen LogP contribution in [0.1, 0.15) is 12.8 Å². The van der Waals surface area contributed by atoms with Gasteiger partial charge in [-0.3, -0.25) is 4.79 Å². The highest BCUT2D eigenvalue weighted by atomic mass is 19.1. The summed E-state index contributed by atoms with van der Waals surface area (Å²) in [5, 5.41) is 2.33. The van der Waals surface area contributed by atoms with E-state index < -0.39 is 23.1 Å². The standard InChI is InChI=1S/C10H10F2N2O/c11-6-1-2-8(7(12)5-6)14-9(15)10(13)3-4-10/h1-2,5H,3-4,13H2,(H,14,15). The van der Waals surface area contributed by atoms with Gasteiger partial charge in [0.15, 0.2) is 0 Å². The van der Waals surface area contributed by atoms with Gasteiger partial charge in [0.1, 0.15) is 11.6 Å². The monoisotopic (exact) mass is 212 g/mol. The van der Waals surface area contributed by atoms with Crippen molar-refractivity contribution < 1.29 is 13.6 Å². The molecule has 0 aliphatic heterocycles. The lowest BCUT2D eigenvalue weighted by atomic mass is 10.2. The quantitative estimate of drug-likeness (QED) is 0.778. The largest absolute Gasteiger partial charge is 0.322 e. The maximum Gasteiger partial charge on any atom is 0.244 e. The molecular weight excluding hydrogens is 202 g/mol. The predicted octanol–water partition coefficient (Wildman–Crippen LogP) is 1.39. The minimum absolute atomic E-state index is 0.0434. The zero-order valence-corrected chi connectivity index (χ0v) is 7.89. The summed E-state index contributed by atoms with van der Waals surface area (Å²) in [4.78, 5) is 11.4. The number of carbonyl (C=O) groups excluding carboxylic acids is 1. The molecule has 1 aliphatic carbocycles. The first-order valence-electron chi connectivity index (χ1n) is 4.57. The molecule has 1 aliphatic rings. The second-order valence-corrected chi connectivity index (χ2v) is 3.73. The van der Waals surface area contributed by atoms with Gasteiger partial charge in [0.25, 0.3) is 0 Å². The van der Waals surface area contributed by atoms with E-state index in [1.54, 1.807) is 0 Å². The van der Waals surface area contributed by atoms with E-state index in [1.165, 1.54) is 6.07 Å². The van der Waals surface area contributed by atoms with Crippen molar-refractivity contribution in [3.05, 3.63) is 29.8 Å². The van der Waals surface area contributed by atoms with Crippen LogP contribution < -0.4 is 11.1 Å². The average Bonchev–Trinajstić information content (AvgIpc) is 2.90. The van der Waals surface area contributed by atoms with Gasteiger partial charge in [-0.05, 0) is 25.0 Å². The number of hydrogen-bond donors (Lipinski definition) is 2. The zero-order valence-electron chi connectivity index (χ0n) is 7.89. The molecule has 2 rings (SSSR count). The SMILES string of the molecule is NC1(C(=O)Nc2ccc(F)cc2F)CC1. The molecule has 1 aromatic rings. The van der Waals surface area contributed by atoms with Crippen LogP contribution in [-0.2, 0) is 4.79 Å². The summed E-state index contributed by atoms with van der Waals surface area (Å²) in [5.74, 6) is -1.90. The topological polar surface area (TPSA) is 55.1 Å². The number of halogens is 2. The molecule has 5 heteroatoms. The van der Waals surface area contributed by atoms with Crippen LogP contribution in [0.4, 0.5) is 14.5 Å². The van der Waals surface area contributed by atoms with Crippen LogP contribution in [0.25, 0.3) is 0 Å². The van der Waals surface area contributed by atoms with Crippen molar-refractivity contribution in [2.45, 2.75) is 18.4 Å². The summed E-state index contributed by atoms with van der Waals surface area (Å²) in [6.45, 7) is 0. The second kappa shape index (κ2) is 3.27. The number of nitrogens with two attached hydrogens (primary N) is 1. The van der Waals surface area contributed by atoms with Gasteiger partial charge in [-0.2, -0.15) is 0 Å². The molecule has 0 heterocycles. The van der Waals surface area contributed by atoms with Crippen molar-refractivity contribution in [1.82, 2.24) is 0 Å². The Balaban J connectivity index is 2.14. The lowest BCUT2D eigenvalue weighted by Crippen LogP contribution is -2.38. The molecule has 1 amide bonds. The number of amides is 1. The van der Waals surface area contributed by atoms with Gasteiger partial charge in [0.2, 0.25) is 5.91 Å². The van der Waals surface area contributed by atoms with Crippen molar-refractivity contribution in [3.63, 3.8) is 0 Å². The van der Waals surface area contributed by atoms with Crippen molar-refractivity contribution in [1.29, 1.82) is 0 Å². The van der Waals surface area contributed by atoms with Crippen molar-refractivity contribution in [2.75, 3.05) is 5.32 Å². The number of carbonyl (C=O) groups is 1. The molecule has 1 fully saturated rings. The number of hydrogen-bond acceptors (Lipinski definition) is 2. The fourth-order valence-electron chi connectivity index (χ4n) is 1.20. The summed E-state index contributed by atoms with van der Waals surface area (Å²) in [7, 11) is 0. The number of anilines is 1. The van der Waals surface area contributed by atoms with E-state index in [-0.39, 0.29) is 5.69 Å². The maximum absolute atomic E-state index is 13.1. The van der Waals surface area contributed by atoms with E-state index in [2.05, 4.69) is 5.32 Å². The molecule has 1 aromatic carbocycles. The Hall–Kier alpha value is -1.49. The third-order valence-corrected chi connectivity index (χ3v) is 2.42. The highest BCUT2D eigenvalue weighted by Crippen LogP contribution is 2.33. The highest BCUT2D eigenvalue weighted by molar-refractivity contribution is 6.00. The smallest absolute Gasteiger partial charge is 0.244 e. The van der Waals surface area contributed by atoms with Crippen LogP contribution in [-0.4, -0.2) is 11.4 Å². The van der Waals surface area contributed by atoms with E-state index in [0.717, 1.165) is 6.07 Å². The molecule has 0 atom stereocenters. The zero-order chi connectivity index (χ0) is 11.1. The Bertz CT molecular complexity index is 416. The molecule has 0 radical (unpaired) electrons. The third-order valence-electron chi connectivity index (χ3n) is 2.42. The minimum atomic E-state index is -0.860. The average molecular weight is 212 g/mol. The molecule has 80 valence electrons. The van der Waals surface area contributed by atoms with E-state index in [1.807, 2.05) is 0 Å². The fraction of sp³-hybridized carbons (Fsp3) is 0.300. The van der Waals surface area contributed by atoms with Crippen molar-refractivity contribution >= 4 is 11.6 Å². The molecule has 1 saturated carbocycles. The molecular formula is C10H10F2N2O. The molecule has 3 nitrogen and oxygen atoms in total. The first-order valence-corrected chi connectivity index (χ1v) is 4.57. The first kappa shape index (κ1) is 10.0. The Labute approximate surface area is 85.3 Å². The first-order chi connectivity index (χ1) is 7.01. The van der Waals surface area contributed by atoms with E-state index in [4.69, 9.17) is 5.73 Å². The fourth-order valence-corrected chi connectivity index (χ4v) is 1.20. The van der Waals surface area contributed by atoms with E-state index in [0.29, 0.717) is 18.9 Å². The Morgan fingerprint density at radius 3 is 2.60 bits per heavy atom. The van der Waals surface area contributed by atoms with Crippen LogP contribution >= 0.6 is 0 Å². The molecule has 0 bridgehead atoms. The van der Waals surface area contributed by atoms with Gasteiger partial charge in [0.05, 0.1) is 11.2 Å². The van der Waals surface area contributed by atoms with Gasteiger partial charge in [0, 0.05) is 6.07 Å². The maximum atomic E-state index is 13.1. The number of nitrogens with one attached hydrogen (secondary N) is 1. The Morgan fingerprint density at radius 2 is 2.07 bits per heavy atom. The van der Waals surface area contributed by atoms with Gasteiger partial charge >= 0.3 is 0 Å². The molecule has 0 aromatic heterocycles. The summed E-state index contributed by atoms with van der Waals surface area (Å²) in [6, 6.07) is 2.97. The summed E-state index contributed by atoms with van der Waals surface area (Å²) in [6.07, 6.45) is 1.20. The molecule has 0 spiro atoms. The normalized spacial score (nSPS) is 17.3. The van der Waals surface area contributed by atoms with Crippen LogP contribution in [0, 0.1) is 11.6 Å². The summed E-state index contributed by atoms with van der Waals surface area (Å²) >= 11 is 0. The Kier molecular flexibility index (Phi) is 2.19. The van der Waals surface area contributed by atoms with E-state index >= 15 is 0 Å². The lowest BCUT2D eigenvalue weighted by molar-refractivity contribution is -0.118. The minimum Gasteiger partial charge on any atom is -0.322 e. The molecule has 0 saturated heterocycles. The molecule has 0 unspecified atom stereocenters. The third kappa shape index (κ3) is 1.97. The van der Waals surface area contributed by atoms with Crippen LogP contribution in [0.2, 0.25) is 0 Å². The van der Waals surface area contributed by atoms with Crippen LogP contribution in [0.5, 0.6) is 0 Å². The van der Waals surface area contributed by atoms with Crippen molar-refractivity contribution in [3.8, 4) is 0 Å². The number of rotatable bonds is 2. The highest BCUT2D eigenvalue weighted by Gasteiger charge is 2.46. The molecule has 3 N–H and O–H groups in total. The lowest BCUT2D eigenvalue weighted by Gasteiger charge is -2.10. The van der Waals surface area contributed by atoms with Gasteiger partial charge in [-0.1, -0.05) is 0 Å². The van der Waals surface area contributed by atoms with Crippen LogP contribution in [0.15, 0.2) is 18.2 Å². The van der Waals surface area contributed by atoms with Crippen LogP contribution in [0.3, 0.4) is 0 Å². The molecule has 15 heavy (non-hydrogen) atoms.